The van der Waals surface area contributed by atoms with Crippen molar-refractivity contribution in [3.63, 3.8) is 0 Å². The minimum atomic E-state index is -0.321. The van der Waals surface area contributed by atoms with Crippen LogP contribution in [0.25, 0.3) is 11.3 Å². The molecule has 0 fully saturated rings. The molecule has 4 rings (SSSR count). The molecule has 0 aliphatic carbocycles. The molecule has 3 heterocycles. The van der Waals surface area contributed by atoms with Crippen LogP contribution in [0.2, 0.25) is 0 Å². The van der Waals surface area contributed by atoms with Gasteiger partial charge in [-0.2, -0.15) is 0 Å². The maximum absolute atomic E-state index is 12.6. The predicted molar refractivity (Wildman–Crippen MR) is 118 cm³/mol. The van der Waals surface area contributed by atoms with Crippen molar-refractivity contribution in [1.29, 1.82) is 0 Å². The molecule has 3 aromatic heterocycles. The molecule has 1 amide bonds. The number of benzene rings is 1. The predicted octanol–water partition coefficient (Wildman–Crippen LogP) is 5.00. The van der Waals surface area contributed by atoms with Crippen LogP contribution in [-0.2, 0) is 12.8 Å². The largest absolute Gasteiger partial charge is 0.497 e. The first-order valence-electron chi connectivity index (χ1n) is 9.15. The van der Waals surface area contributed by atoms with E-state index in [1.807, 2.05) is 49.0 Å². The Morgan fingerprint density at radius 3 is 2.77 bits per heavy atom. The van der Waals surface area contributed by atoms with Crippen molar-refractivity contribution in [3.8, 4) is 17.0 Å². The number of nitrogens with zero attached hydrogens (tertiary/aromatic N) is 3. The molecule has 1 N–H and O–H groups in total. The number of carbonyl (C=O) groups excluding carboxylic acids is 1. The lowest BCUT2D eigenvalue weighted by molar-refractivity contribution is 0.0995. The third kappa shape index (κ3) is 4.42. The summed E-state index contributed by atoms with van der Waals surface area (Å²) in [7, 11) is 3.57. The molecular weight excluding hydrogens is 420 g/mol. The van der Waals surface area contributed by atoms with Gasteiger partial charge in [-0.3, -0.25) is 10.1 Å². The second-order valence-corrected chi connectivity index (χ2v) is 8.63. The minimum absolute atomic E-state index is 0.254. The number of amides is 1. The number of nitrogens with one attached hydrogen (secondary N) is 1. The molecule has 0 aliphatic rings. The van der Waals surface area contributed by atoms with Crippen LogP contribution in [0.3, 0.4) is 0 Å². The molecule has 0 atom stereocenters. The Bertz CT molecular complexity index is 1160. The van der Waals surface area contributed by atoms with Gasteiger partial charge in [0.15, 0.2) is 16.0 Å². The molecule has 0 bridgehead atoms. The summed E-state index contributed by atoms with van der Waals surface area (Å²) in [5.74, 6) is 2.02. The van der Waals surface area contributed by atoms with Gasteiger partial charge in [-0.1, -0.05) is 11.8 Å². The monoisotopic (exact) mass is 440 g/mol. The van der Waals surface area contributed by atoms with Crippen molar-refractivity contribution in [2.75, 3.05) is 12.4 Å². The number of methoxy groups -OCH3 is 1. The van der Waals surface area contributed by atoms with E-state index < -0.39 is 0 Å². The summed E-state index contributed by atoms with van der Waals surface area (Å²) >= 11 is 2.98. The molecule has 0 radical (unpaired) electrons. The Kier molecular flexibility index (Phi) is 5.91. The van der Waals surface area contributed by atoms with Crippen molar-refractivity contribution in [2.24, 2.45) is 7.05 Å². The molecule has 154 valence electrons. The number of imidazole rings is 1. The second-order valence-electron chi connectivity index (χ2n) is 6.48. The van der Waals surface area contributed by atoms with Gasteiger partial charge in [-0.15, -0.1) is 11.3 Å². The Balaban J connectivity index is 1.41. The van der Waals surface area contributed by atoms with Crippen LogP contribution < -0.4 is 10.1 Å². The second kappa shape index (κ2) is 8.76. The van der Waals surface area contributed by atoms with Crippen LogP contribution in [0.5, 0.6) is 5.75 Å². The Morgan fingerprint density at radius 1 is 1.27 bits per heavy atom. The number of thiazole rings is 1. The van der Waals surface area contributed by atoms with Gasteiger partial charge in [-0.05, 0) is 43.3 Å². The Morgan fingerprint density at radius 2 is 2.07 bits per heavy atom. The zero-order chi connectivity index (χ0) is 21.1. The summed E-state index contributed by atoms with van der Waals surface area (Å²) in [5.41, 5.74) is 1.81. The van der Waals surface area contributed by atoms with Crippen LogP contribution in [0, 0.1) is 6.92 Å². The van der Waals surface area contributed by atoms with Gasteiger partial charge >= 0.3 is 0 Å². The molecule has 4 aromatic rings. The van der Waals surface area contributed by atoms with Crippen LogP contribution in [0.4, 0.5) is 5.13 Å². The molecule has 1 aromatic carbocycles. The normalized spacial score (nSPS) is 10.9. The summed E-state index contributed by atoms with van der Waals surface area (Å²) < 4.78 is 12.8. The smallest absolute Gasteiger partial charge is 0.293 e. The standard InChI is InChI=1S/C21H20N4O3S2/c1-13-18(14-4-6-15(27-3)7-5-14)23-20(30-13)24-19(26)17-9-8-16(28-17)12-29-21-22-10-11-25(21)2/h4-11H,12H2,1-3H3,(H,23,24,26). The number of aromatic nitrogens is 3. The van der Waals surface area contributed by atoms with E-state index in [0.29, 0.717) is 16.6 Å². The number of thioether (sulfide) groups is 1. The molecular formula is C21H20N4O3S2. The molecule has 0 unspecified atom stereocenters. The highest BCUT2D eigenvalue weighted by Crippen LogP contribution is 2.31. The average Bonchev–Trinajstić information content (AvgIpc) is 3.47. The van der Waals surface area contributed by atoms with Gasteiger partial charge < -0.3 is 13.7 Å². The molecule has 30 heavy (non-hydrogen) atoms. The van der Waals surface area contributed by atoms with Crippen LogP contribution >= 0.6 is 23.1 Å². The van der Waals surface area contributed by atoms with Crippen LogP contribution in [0.1, 0.15) is 21.2 Å². The van der Waals surface area contributed by atoms with Gasteiger partial charge in [0.1, 0.15) is 11.5 Å². The van der Waals surface area contributed by atoms with E-state index in [2.05, 4.69) is 15.3 Å². The van der Waals surface area contributed by atoms with Crippen molar-refractivity contribution in [1.82, 2.24) is 14.5 Å². The Labute approximate surface area is 182 Å². The highest BCUT2D eigenvalue weighted by atomic mass is 32.2. The average molecular weight is 441 g/mol. The summed E-state index contributed by atoms with van der Waals surface area (Å²) in [6, 6.07) is 11.2. The summed E-state index contributed by atoms with van der Waals surface area (Å²) in [4.78, 5) is 22.4. The van der Waals surface area contributed by atoms with E-state index in [0.717, 1.165) is 27.0 Å². The number of hydrogen-bond acceptors (Lipinski definition) is 7. The maximum Gasteiger partial charge on any atom is 0.293 e. The van der Waals surface area contributed by atoms with Crippen LogP contribution in [-0.4, -0.2) is 27.6 Å². The van der Waals surface area contributed by atoms with E-state index in [-0.39, 0.29) is 11.7 Å². The molecule has 7 nitrogen and oxygen atoms in total. The molecule has 0 saturated carbocycles. The third-order valence-corrected chi connectivity index (χ3v) is 6.35. The number of hydrogen-bond donors (Lipinski definition) is 1. The highest BCUT2D eigenvalue weighted by Gasteiger charge is 2.16. The third-order valence-electron chi connectivity index (χ3n) is 4.39. The van der Waals surface area contributed by atoms with E-state index >= 15 is 0 Å². The van der Waals surface area contributed by atoms with Gasteiger partial charge in [0.05, 0.1) is 18.6 Å². The first-order chi connectivity index (χ1) is 14.5. The number of ether oxygens (including phenoxy) is 1. The fraction of sp³-hybridized carbons (Fsp3) is 0.190. The first-order valence-corrected chi connectivity index (χ1v) is 11.0. The maximum atomic E-state index is 12.6. The quantitative estimate of drug-likeness (QED) is 0.407. The minimum Gasteiger partial charge on any atom is -0.497 e. The lowest BCUT2D eigenvalue weighted by atomic mass is 10.1. The van der Waals surface area contributed by atoms with Gasteiger partial charge in [-0.25, -0.2) is 9.97 Å². The summed E-state index contributed by atoms with van der Waals surface area (Å²) in [5, 5.41) is 4.25. The number of carbonyl (C=O) groups is 1. The van der Waals surface area contributed by atoms with Crippen molar-refractivity contribution >= 4 is 34.1 Å². The number of anilines is 1. The van der Waals surface area contributed by atoms with Gasteiger partial charge in [0.2, 0.25) is 0 Å². The number of rotatable bonds is 7. The first kappa shape index (κ1) is 20.2. The summed E-state index contributed by atoms with van der Waals surface area (Å²) in [6.07, 6.45) is 3.64. The fourth-order valence-electron chi connectivity index (χ4n) is 2.83. The van der Waals surface area contributed by atoms with Gasteiger partial charge in [0, 0.05) is 29.9 Å². The number of aryl methyl sites for hydroxylation is 2. The lowest BCUT2D eigenvalue weighted by Crippen LogP contribution is -2.10. The Hall–Kier alpha value is -3.04. The molecule has 0 aliphatic heterocycles. The van der Waals surface area contributed by atoms with E-state index in [4.69, 9.17) is 9.15 Å². The lowest BCUT2D eigenvalue weighted by Gasteiger charge is -2.02. The summed E-state index contributed by atoms with van der Waals surface area (Å²) in [6.45, 7) is 1.98. The molecule has 9 heteroatoms. The van der Waals surface area contributed by atoms with E-state index in [1.165, 1.54) is 11.3 Å². The highest BCUT2D eigenvalue weighted by molar-refractivity contribution is 7.98. The SMILES string of the molecule is COc1ccc(-c2nc(NC(=O)c3ccc(CSc4nccn4C)o3)sc2C)cc1. The zero-order valence-electron chi connectivity index (χ0n) is 16.7. The fourth-order valence-corrected chi connectivity index (χ4v) is 4.49. The van der Waals surface area contributed by atoms with Crippen molar-refractivity contribution in [3.05, 3.63) is 65.2 Å². The van der Waals surface area contributed by atoms with Crippen molar-refractivity contribution < 1.29 is 13.9 Å². The molecule has 0 saturated heterocycles. The van der Waals surface area contributed by atoms with Crippen LogP contribution in [0.15, 0.2) is 58.4 Å². The molecule has 0 spiro atoms. The zero-order valence-corrected chi connectivity index (χ0v) is 18.3. The van der Waals surface area contributed by atoms with E-state index in [9.17, 15) is 4.79 Å². The van der Waals surface area contributed by atoms with Crippen molar-refractivity contribution in [2.45, 2.75) is 17.8 Å². The number of furan rings is 1. The van der Waals surface area contributed by atoms with E-state index in [1.54, 1.807) is 37.2 Å². The topological polar surface area (TPSA) is 82.2 Å². The van der Waals surface area contributed by atoms with Gasteiger partial charge in [0.25, 0.3) is 5.91 Å².